The third-order valence-electron chi connectivity index (χ3n) is 6.80. The van der Waals surface area contributed by atoms with Gasteiger partial charge in [0.05, 0.1) is 13.4 Å². The first-order valence-corrected chi connectivity index (χ1v) is 12.4. The van der Waals surface area contributed by atoms with Crippen LogP contribution in [0.15, 0.2) is 71.3 Å². The number of nitrogens with one attached hydrogen (secondary N) is 1. The summed E-state index contributed by atoms with van der Waals surface area (Å²) >= 11 is 0. The number of benzene rings is 2. The van der Waals surface area contributed by atoms with E-state index in [-0.39, 0.29) is 23.6 Å². The molecule has 35 heavy (non-hydrogen) atoms. The van der Waals surface area contributed by atoms with E-state index in [0.29, 0.717) is 24.3 Å². The molecule has 3 aromatic rings. The molecule has 0 unspecified atom stereocenters. The van der Waals surface area contributed by atoms with Crippen LogP contribution in [0.1, 0.15) is 65.4 Å². The van der Waals surface area contributed by atoms with Gasteiger partial charge in [0.15, 0.2) is 5.76 Å². The summed E-state index contributed by atoms with van der Waals surface area (Å²) in [6, 6.07) is 18.2. The van der Waals surface area contributed by atoms with E-state index in [1.54, 1.807) is 24.1 Å². The summed E-state index contributed by atoms with van der Waals surface area (Å²) in [6.45, 7) is 2.42. The molecule has 6 heteroatoms. The zero-order valence-corrected chi connectivity index (χ0v) is 20.5. The third kappa shape index (κ3) is 6.13. The molecule has 1 atom stereocenters. The Hall–Kier alpha value is -3.54. The van der Waals surface area contributed by atoms with Crippen molar-refractivity contribution in [1.29, 1.82) is 0 Å². The van der Waals surface area contributed by atoms with Crippen molar-refractivity contribution < 1.29 is 18.7 Å². The van der Waals surface area contributed by atoms with E-state index in [0.717, 1.165) is 36.8 Å². The first-order valence-electron chi connectivity index (χ1n) is 12.4. The van der Waals surface area contributed by atoms with Crippen LogP contribution in [0.4, 0.5) is 0 Å². The topological polar surface area (TPSA) is 71.8 Å². The second-order valence-corrected chi connectivity index (χ2v) is 9.18. The molecule has 0 aliphatic heterocycles. The van der Waals surface area contributed by atoms with Gasteiger partial charge in [0.2, 0.25) is 5.91 Å². The van der Waals surface area contributed by atoms with Gasteiger partial charge in [0, 0.05) is 12.6 Å². The summed E-state index contributed by atoms with van der Waals surface area (Å²) in [4.78, 5) is 29.2. The van der Waals surface area contributed by atoms with Gasteiger partial charge in [-0.3, -0.25) is 9.59 Å². The van der Waals surface area contributed by atoms with Crippen LogP contribution >= 0.6 is 0 Å². The molecule has 1 aliphatic rings. The number of amides is 2. The first-order chi connectivity index (χ1) is 17.1. The fraction of sp³-hybridized carbons (Fsp3) is 0.379. The van der Waals surface area contributed by atoms with Crippen LogP contribution in [0, 0.1) is 6.92 Å². The Balaban J connectivity index is 1.70. The van der Waals surface area contributed by atoms with Gasteiger partial charge in [0.1, 0.15) is 11.8 Å². The normalized spacial score (nSPS) is 14.8. The molecular formula is C29H34N2O4. The van der Waals surface area contributed by atoms with Crippen LogP contribution in [0.25, 0.3) is 0 Å². The molecule has 2 amide bonds. The smallest absolute Gasteiger partial charge is 0.290 e. The van der Waals surface area contributed by atoms with E-state index < -0.39 is 6.04 Å². The second-order valence-electron chi connectivity index (χ2n) is 9.18. The van der Waals surface area contributed by atoms with Crippen molar-refractivity contribution in [3.8, 4) is 5.75 Å². The molecular weight excluding hydrogens is 440 g/mol. The summed E-state index contributed by atoms with van der Waals surface area (Å²) in [5.41, 5.74) is 3.01. The van der Waals surface area contributed by atoms with Crippen molar-refractivity contribution in [2.75, 3.05) is 13.7 Å². The average molecular weight is 475 g/mol. The van der Waals surface area contributed by atoms with Gasteiger partial charge < -0.3 is 19.4 Å². The predicted octanol–water partition coefficient (Wildman–Crippen LogP) is 5.47. The Morgan fingerprint density at radius 1 is 1.06 bits per heavy atom. The molecule has 0 bridgehead atoms. The van der Waals surface area contributed by atoms with Crippen molar-refractivity contribution >= 4 is 11.8 Å². The lowest BCUT2D eigenvalue weighted by Crippen LogP contribution is -2.47. The summed E-state index contributed by atoms with van der Waals surface area (Å²) in [7, 11) is 1.60. The molecule has 1 heterocycles. The summed E-state index contributed by atoms with van der Waals surface area (Å²) in [5.74, 6) is 0.375. The molecule has 0 spiro atoms. The first kappa shape index (κ1) is 24.6. The highest BCUT2D eigenvalue weighted by molar-refractivity contribution is 5.96. The number of hydrogen-bond donors (Lipinski definition) is 1. The van der Waals surface area contributed by atoms with Crippen molar-refractivity contribution in [3.63, 3.8) is 0 Å². The van der Waals surface area contributed by atoms with Gasteiger partial charge >= 0.3 is 0 Å². The van der Waals surface area contributed by atoms with Crippen molar-refractivity contribution in [3.05, 3.63) is 89.4 Å². The van der Waals surface area contributed by atoms with Crippen LogP contribution in [0.3, 0.4) is 0 Å². The zero-order valence-electron chi connectivity index (χ0n) is 20.5. The maximum Gasteiger partial charge on any atom is 0.290 e. The number of rotatable bonds is 9. The SMILES string of the molecule is COc1cccc([C@@H](C(=O)NC2CCCCC2)N(CCc2ccccc2C)C(=O)c2ccco2)c1. The van der Waals surface area contributed by atoms with Crippen LogP contribution < -0.4 is 10.1 Å². The van der Waals surface area contributed by atoms with Gasteiger partial charge in [-0.05, 0) is 67.1 Å². The van der Waals surface area contributed by atoms with Crippen LogP contribution in [-0.2, 0) is 11.2 Å². The lowest BCUT2D eigenvalue weighted by atomic mass is 9.94. The zero-order chi connectivity index (χ0) is 24.6. The average Bonchev–Trinajstić information content (AvgIpc) is 3.43. The molecule has 0 saturated heterocycles. The monoisotopic (exact) mass is 474 g/mol. The Kier molecular flexibility index (Phi) is 8.24. The Morgan fingerprint density at radius 2 is 1.86 bits per heavy atom. The molecule has 1 fully saturated rings. The second kappa shape index (κ2) is 11.7. The fourth-order valence-electron chi connectivity index (χ4n) is 4.83. The number of carbonyl (C=O) groups excluding carboxylic acids is 2. The predicted molar refractivity (Wildman–Crippen MR) is 135 cm³/mol. The molecule has 1 aromatic heterocycles. The van der Waals surface area contributed by atoms with Gasteiger partial charge in [-0.15, -0.1) is 0 Å². The quantitative estimate of drug-likeness (QED) is 0.446. The molecule has 1 saturated carbocycles. The number of nitrogens with zero attached hydrogens (tertiary/aromatic N) is 1. The minimum atomic E-state index is -0.811. The van der Waals surface area contributed by atoms with E-state index in [4.69, 9.17) is 9.15 Å². The highest BCUT2D eigenvalue weighted by Crippen LogP contribution is 2.28. The standard InChI is InChI=1S/C29H34N2O4/c1-21-10-6-7-11-22(21)17-18-31(29(33)26-16-9-19-35-26)27(23-12-8-15-25(20-23)34-2)28(32)30-24-13-4-3-5-14-24/h6-12,15-16,19-20,24,27H,3-5,13-14,17-18H2,1-2H3,(H,30,32)/t27-/m0/s1. The van der Waals surface area contributed by atoms with E-state index in [2.05, 4.69) is 24.4 Å². The Morgan fingerprint density at radius 3 is 2.57 bits per heavy atom. The van der Waals surface area contributed by atoms with E-state index in [1.807, 2.05) is 36.4 Å². The fourth-order valence-corrected chi connectivity index (χ4v) is 4.83. The van der Waals surface area contributed by atoms with Crippen molar-refractivity contribution in [2.24, 2.45) is 0 Å². The van der Waals surface area contributed by atoms with E-state index >= 15 is 0 Å². The summed E-state index contributed by atoms with van der Waals surface area (Å²) in [5, 5.41) is 3.24. The minimum absolute atomic E-state index is 0.126. The third-order valence-corrected chi connectivity index (χ3v) is 6.80. The molecule has 1 aliphatic carbocycles. The number of furan rings is 1. The number of carbonyl (C=O) groups is 2. The Labute approximate surface area is 207 Å². The van der Waals surface area contributed by atoms with Crippen molar-refractivity contribution in [2.45, 2.75) is 57.5 Å². The summed E-state index contributed by atoms with van der Waals surface area (Å²) < 4.78 is 10.9. The largest absolute Gasteiger partial charge is 0.497 e. The maximum absolute atomic E-state index is 13.8. The lowest BCUT2D eigenvalue weighted by molar-refractivity contribution is -0.126. The molecule has 6 nitrogen and oxygen atoms in total. The van der Waals surface area contributed by atoms with Gasteiger partial charge in [-0.25, -0.2) is 0 Å². The van der Waals surface area contributed by atoms with Gasteiger partial charge in [-0.2, -0.15) is 0 Å². The molecule has 2 aromatic carbocycles. The van der Waals surface area contributed by atoms with Crippen molar-refractivity contribution in [1.82, 2.24) is 10.2 Å². The number of aryl methyl sites for hydroxylation is 1. The molecule has 1 N–H and O–H groups in total. The highest BCUT2D eigenvalue weighted by Gasteiger charge is 2.34. The van der Waals surface area contributed by atoms with Crippen LogP contribution in [0.5, 0.6) is 5.75 Å². The summed E-state index contributed by atoms with van der Waals surface area (Å²) in [6.07, 6.45) is 7.45. The van der Waals surface area contributed by atoms with Gasteiger partial charge in [0.25, 0.3) is 5.91 Å². The number of methoxy groups -OCH3 is 1. The lowest BCUT2D eigenvalue weighted by Gasteiger charge is -2.33. The van der Waals surface area contributed by atoms with E-state index in [1.165, 1.54) is 12.7 Å². The minimum Gasteiger partial charge on any atom is -0.497 e. The van der Waals surface area contributed by atoms with Crippen LogP contribution in [-0.4, -0.2) is 36.4 Å². The maximum atomic E-state index is 13.8. The van der Waals surface area contributed by atoms with Crippen LogP contribution in [0.2, 0.25) is 0 Å². The number of hydrogen-bond acceptors (Lipinski definition) is 4. The number of ether oxygens (including phenoxy) is 1. The molecule has 4 rings (SSSR count). The van der Waals surface area contributed by atoms with Gasteiger partial charge in [-0.1, -0.05) is 55.7 Å². The highest BCUT2D eigenvalue weighted by atomic mass is 16.5. The molecule has 0 radical (unpaired) electrons. The Bertz CT molecular complexity index is 1120. The van der Waals surface area contributed by atoms with E-state index in [9.17, 15) is 9.59 Å². The molecule has 184 valence electrons.